The van der Waals surface area contributed by atoms with Crippen molar-refractivity contribution in [1.29, 1.82) is 0 Å². The zero-order chi connectivity index (χ0) is 38.1. The number of pyridine rings is 1. The van der Waals surface area contributed by atoms with Crippen molar-refractivity contribution in [3.05, 3.63) is 143 Å². The Balaban J connectivity index is 1.06. The van der Waals surface area contributed by atoms with Crippen molar-refractivity contribution in [3.8, 4) is 22.6 Å². The highest BCUT2D eigenvalue weighted by molar-refractivity contribution is 7.22. The molecule has 4 heterocycles. The average molecular weight is 753 g/mol. The van der Waals surface area contributed by atoms with Gasteiger partial charge in [0.15, 0.2) is 10.8 Å². The smallest absolute Gasteiger partial charge is 0.358 e. The number of anilines is 2. The number of carbonyl (C=O) groups is 2. The van der Waals surface area contributed by atoms with Crippen LogP contribution in [-0.4, -0.2) is 40.3 Å². The standard InChI is InChI=1S/C44H40N4O6S/c1-27-31(10-8-13-36(27)53-30-17-15-28(16-18-30)25-39-51-23-24-52-39)32-19-20-38(46-40(32)42(50)54-44(2,3)4)48-22-21-29-9-7-11-33(34(29)26-48)41(49)47-43-45-35-12-5-6-14-37(35)55-43/h5-20,23-24,39H,21-22,25-26H2,1-4H3,(H,45,47,49). The predicted octanol–water partition coefficient (Wildman–Crippen LogP) is 9.62. The van der Waals surface area contributed by atoms with Gasteiger partial charge in [-0.15, -0.1) is 0 Å². The fraction of sp³-hybridized carbons (Fsp3) is 0.227. The molecule has 0 saturated heterocycles. The summed E-state index contributed by atoms with van der Waals surface area (Å²) in [5.74, 6) is 1.21. The van der Waals surface area contributed by atoms with E-state index in [0.717, 1.165) is 38.0 Å². The molecule has 4 aromatic carbocycles. The van der Waals surface area contributed by atoms with Gasteiger partial charge in [-0.1, -0.05) is 59.9 Å². The van der Waals surface area contributed by atoms with Crippen LogP contribution in [0.2, 0.25) is 0 Å². The molecule has 1 N–H and O–H groups in total. The van der Waals surface area contributed by atoms with E-state index in [1.807, 2.05) is 119 Å². The van der Waals surface area contributed by atoms with E-state index in [4.69, 9.17) is 23.9 Å². The third-order valence-corrected chi connectivity index (χ3v) is 10.4. The zero-order valence-electron chi connectivity index (χ0n) is 31.0. The lowest BCUT2D eigenvalue weighted by Crippen LogP contribution is -2.33. The van der Waals surface area contributed by atoms with Crippen LogP contribution in [0.5, 0.6) is 11.5 Å². The molecule has 0 unspecified atom stereocenters. The second kappa shape index (κ2) is 14.9. The molecular formula is C44H40N4O6S. The molecule has 278 valence electrons. The van der Waals surface area contributed by atoms with Crippen molar-refractivity contribution in [2.45, 2.75) is 59.0 Å². The molecule has 0 fully saturated rings. The maximum atomic E-state index is 13.9. The van der Waals surface area contributed by atoms with Gasteiger partial charge in [0.1, 0.15) is 35.4 Å². The topological polar surface area (TPSA) is 112 Å². The minimum atomic E-state index is -0.736. The second-order valence-corrected chi connectivity index (χ2v) is 15.5. The summed E-state index contributed by atoms with van der Waals surface area (Å²) in [5, 5.41) is 3.57. The molecule has 0 aliphatic carbocycles. The highest BCUT2D eigenvalue weighted by atomic mass is 32.1. The van der Waals surface area contributed by atoms with Crippen LogP contribution in [0.25, 0.3) is 21.3 Å². The molecule has 2 aliphatic rings. The summed E-state index contributed by atoms with van der Waals surface area (Å²) in [4.78, 5) is 39.3. The van der Waals surface area contributed by atoms with Crippen LogP contribution in [0.4, 0.5) is 10.9 Å². The molecule has 6 aromatic rings. The molecule has 1 amide bonds. The van der Waals surface area contributed by atoms with E-state index in [1.54, 1.807) is 12.5 Å². The van der Waals surface area contributed by atoms with Gasteiger partial charge in [0.05, 0.1) is 10.2 Å². The van der Waals surface area contributed by atoms with E-state index in [-0.39, 0.29) is 17.9 Å². The van der Waals surface area contributed by atoms with Crippen molar-refractivity contribution in [2.75, 3.05) is 16.8 Å². The number of nitrogens with one attached hydrogen (secondary N) is 1. The number of esters is 1. The maximum Gasteiger partial charge on any atom is 0.358 e. The van der Waals surface area contributed by atoms with Gasteiger partial charge in [-0.25, -0.2) is 14.8 Å². The van der Waals surface area contributed by atoms with Crippen molar-refractivity contribution < 1.29 is 28.5 Å². The van der Waals surface area contributed by atoms with E-state index in [2.05, 4.69) is 21.3 Å². The van der Waals surface area contributed by atoms with Crippen molar-refractivity contribution in [2.24, 2.45) is 0 Å². The molecule has 0 atom stereocenters. The predicted molar refractivity (Wildman–Crippen MR) is 214 cm³/mol. The highest BCUT2D eigenvalue weighted by Crippen LogP contribution is 2.37. The lowest BCUT2D eigenvalue weighted by atomic mass is 9.94. The van der Waals surface area contributed by atoms with Crippen LogP contribution in [0.15, 0.2) is 110 Å². The van der Waals surface area contributed by atoms with E-state index in [0.29, 0.717) is 59.5 Å². The molecule has 8 rings (SSSR count). The number of nitrogens with zero attached hydrogens (tertiary/aromatic N) is 3. The van der Waals surface area contributed by atoms with E-state index < -0.39 is 11.6 Å². The number of aromatic nitrogens is 2. The first-order chi connectivity index (χ1) is 26.6. The molecule has 0 bridgehead atoms. The molecule has 0 saturated carbocycles. The van der Waals surface area contributed by atoms with Gasteiger partial charge in [-0.3, -0.25) is 10.1 Å². The van der Waals surface area contributed by atoms with Gasteiger partial charge in [0, 0.05) is 30.6 Å². The number of amides is 1. The summed E-state index contributed by atoms with van der Waals surface area (Å²) in [6.45, 7) is 8.59. The van der Waals surface area contributed by atoms with E-state index in [9.17, 15) is 9.59 Å². The Hall–Kier alpha value is -6.20. The Morgan fingerprint density at radius 2 is 1.67 bits per heavy atom. The first-order valence-corrected chi connectivity index (χ1v) is 19.0. The molecule has 0 spiro atoms. The van der Waals surface area contributed by atoms with Crippen LogP contribution < -0.4 is 15.0 Å². The Morgan fingerprint density at radius 1 is 0.891 bits per heavy atom. The Kier molecular flexibility index (Phi) is 9.71. The summed E-state index contributed by atoms with van der Waals surface area (Å²) in [6.07, 6.45) is 4.10. The first kappa shape index (κ1) is 35.8. The lowest BCUT2D eigenvalue weighted by molar-refractivity contribution is -0.0209. The van der Waals surface area contributed by atoms with Crippen LogP contribution >= 0.6 is 11.3 Å². The Bertz CT molecular complexity index is 2390. The van der Waals surface area contributed by atoms with Gasteiger partial charge in [0.2, 0.25) is 6.29 Å². The van der Waals surface area contributed by atoms with Crippen molar-refractivity contribution in [3.63, 3.8) is 0 Å². The van der Waals surface area contributed by atoms with Crippen LogP contribution in [0.3, 0.4) is 0 Å². The number of hydrogen-bond donors (Lipinski definition) is 1. The van der Waals surface area contributed by atoms with Gasteiger partial charge in [0.25, 0.3) is 5.91 Å². The quantitative estimate of drug-likeness (QED) is 0.144. The molecule has 2 aliphatic heterocycles. The molecule has 11 heteroatoms. The van der Waals surface area contributed by atoms with Crippen molar-refractivity contribution in [1.82, 2.24) is 9.97 Å². The summed E-state index contributed by atoms with van der Waals surface area (Å²) in [7, 11) is 0. The number of hydrogen-bond acceptors (Lipinski definition) is 10. The van der Waals surface area contributed by atoms with Gasteiger partial charge < -0.3 is 23.8 Å². The molecule has 0 radical (unpaired) electrons. The minimum absolute atomic E-state index is 0.204. The number of carbonyl (C=O) groups excluding carboxylic acids is 2. The summed E-state index contributed by atoms with van der Waals surface area (Å²) in [5.41, 5.74) is 6.26. The minimum Gasteiger partial charge on any atom is -0.459 e. The monoisotopic (exact) mass is 752 g/mol. The van der Waals surface area contributed by atoms with Crippen LogP contribution in [0, 0.1) is 6.92 Å². The van der Waals surface area contributed by atoms with Gasteiger partial charge in [-0.05, 0) is 110 Å². The Morgan fingerprint density at radius 3 is 2.45 bits per heavy atom. The largest absolute Gasteiger partial charge is 0.459 e. The van der Waals surface area contributed by atoms with E-state index in [1.165, 1.54) is 11.3 Å². The van der Waals surface area contributed by atoms with Crippen LogP contribution in [0.1, 0.15) is 63.9 Å². The second-order valence-electron chi connectivity index (χ2n) is 14.5. The van der Waals surface area contributed by atoms with Gasteiger partial charge in [-0.2, -0.15) is 0 Å². The Labute approximate surface area is 323 Å². The summed E-state index contributed by atoms with van der Waals surface area (Å²) < 4.78 is 24.1. The third-order valence-electron chi connectivity index (χ3n) is 9.47. The summed E-state index contributed by atoms with van der Waals surface area (Å²) in [6, 6.07) is 31.1. The number of rotatable bonds is 9. The maximum absolute atomic E-state index is 13.9. The zero-order valence-corrected chi connectivity index (χ0v) is 31.8. The third kappa shape index (κ3) is 7.88. The fourth-order valence-corrected chi connectivity index (χ4v) is 7.66. The number of benzene rings is 4. The fourth-order valence-electron chi connectivity index (χ4n) is 6.80. The normalized spacial score (nSPS) is 13.9. The first-order valence-electron chi connectivity index (χ1n) is 18.2. The number of thiazole rings is 1. The van der Waals surface area contributed by atoms with Gasteiger partial charge >= 0.3 is 5.97 Å². The molecule has 55 heavy (non-hydrogen) atoms. The molecule has 10 nitrogen and oxygen atoms in total. The lowest BCUT2D eigenvalue weighted by Gasteiger charge is -2.31. The molecule has 2 aromatic heterocycles. The average Bonchev–Trinajstić information content (AvgIpc) is 3.85. The number of ether oxygens (including phenoxy) is 4. The number of fused-ring (bicyclic) bond motifs is 2. The summed E-state index contributed by atoms with van der Waals surface area (Å²) >= 11 is 1.45. The van der Waals surface area contributed by atoms with E-state index >= 15 is 0 Å². The van der Waals surface area contributed by atoms with Crippen molar-refractivity contribution >= 4 is 44.4 Å². The van der Waals surface area contributed by atoms with Crippen LogP contribution in [-0.2, 0) is 33.6 Å². The SMILES string of the molecule is Cc1c(Oc2ccc(CC3OC=CO3)cc2)cccc1-c1ccc(N2CCc3cccc(C(=O)Nc4nc5ccccc5s4)c3C2)nc1C(=O)OC(C)(C)C. The highest BCUT2D eigenvalue weighted by Gasteiger charge is 2.28. The number of para-hydroxylation sites is 1. The molecular weight excluding hydrogens is 713 g/mol.